The van der Waals surface area contributed by atoms with Gasteiger partial charge in [0, 0.05) is 28.3 Å². The van der Waals surface area contributed by atoms with E-state index in [0.29, 0.717) is 5.11 Å². The highest BCUT2D eigenvalue weighted by molar-refractivity contribution is 7.80. The van der Waals surface area contributed by atoms with Crippen LogP contribution in [-0.2, 0) is 6.42 Å². The molecule has 0 aliphatic rings. The summed E-state index contributed by atoms with van der Waals surface area (Å²) in [5.74, 6) is 0. The summed E-state index contributed by atoms with van der Waals surface area (Å²) in [4.78, 5) is 0. The molecular weight excluding hydrogens is 376 g/mol. The van der Waals surface area contributed by atoms with Crippen LogP contribution >= 0.6 is 12.2 Å². The van der Waals surface area contributed by atoms with Crippen molar-refractivity contribution in [2.24, 2.45) is 5.10 Å². The van der Waals surface area contributed by atoms with E-state index >= 15 is 0 Å². The van der Waals surface area contributed by atoms with Gasteiger partial charge in [-0.15, -0.1) is 0 Å². The van der Waals surface area contributed by atoms with E-state index < -0.39 is 0 Å². The van der Waals surface area contributed by atoms with Crippen LogP contribution in [0.1, 0.15) is 42.3 Å². The number of anilines is 1. The van der Waals surface area contributed by atoms with Gasteiger partial charge in [0.1, 0.15) is 0 Å². The summed E-state index contributed by atoms with van der Waals surface area (Å²) in [5, 5.41) is 7.87. The second kappa shape index (κ2) is 10.0. The van der Waals surface area contributed by atoms with Crippen molar-refractivity contribution in [2.45, 2.75) is 40.0 Å². The Labute approximate surface area is 178 Å². The lowest BCUT2D eigenvalue weighted by molar-refractivity contribution is 0.794. The molecule has 150 valence electrons. The Bertz CT molecular complexity index is 972. The zero-order chi connectivity index (χ0) is 20.6. The molecule has 2 aromatic carbocycles. The summed E-state index contributed by atoms with van der Waals surface area (Å²) in [6.07, 6.45) is 5.41. The molecule has 0 aliphatic carbocycles. The summed E-state index contributed by atoms with van der Waals surface area (Å²) in [6.45, 7) is 6.45. The molecule has 0 spiro atoms. The van der Waals surface area contributed by atoms with Gasteiger partial charge in [-0.3, -0.25) is 5.43 Å². The molecule has 0 fully saturated rings. The summed E-state index contributed by atoms with van der Waals surface area (Å²) >= 11 is 5.29. The average molecular weight is 405 g/mol. The molecule has 0 aliphatic heterocycles. The first-order valence-electron chi connectivity index (χ1n) is 10.0. The lowest BCUT2D eigenvalue weighted by Crippen LogP contribution is -2.23. The van der Waals surface area contributed by atoms with Gasteiger partial charge in [-0.05, 0) is 74.8 Å². The fraction of sp³-hybridized carbons (Fsp3) is 0.250. The molecule has 0 amide bonds. The van der Waals surface area contributed by atoms with Crippen LogP contribution in [0.25, 0.3) is 5.69 Å². The fourth-order valence-electron chi connectivity index (χ4n) is 3.35. The smallest absolute Gasteiger partial charge is 0.191 e. The number of rotatable bonds is 7. The molecule has 3 aromatic rings. The molecule has 3 rings (SSSR count). The van der Waals surface area contributed by atoms with Crippen LogP contribution in [0.3, 0.4) is 0 Å². The number of nitrogens with one attached hydrogen (secondary N) is 2. The number of unbranched alkanes of at least 4 members (excludes halogenated alkanes) is 1. The van der Waals surface area contributed by atoms with Crippen LogP contribution in [0.2, 0.25) is 0 Å². The van der Waals surface area contributed by atoms with Gasteiger partial charge in [0.2, 0.25) is 0 Å². The fourth-order valence-corrected chi connectivity index (χ4v) is 3.52. The molecule has 0 bridgehead atoms. The van der Waals surface area contributed by atoms with Crippen LogP contribution < -0.4 is 10.7 Å². The maximum Gasteiger partial charge on any atom is 0.191 e. The third kappa shape index (κ3) is 5.55. The van der Waals surface area contributed by atoms with Crippen molar-refractivity contribution in [1.82, 2.24) is 9.99 Å². The quantitative estimate of drug-likeness (QED) is 0.299. The molecule has 1 heterocycles. The molecule has 0 saturated heterocycles. The van der Waals surface area contributed by atoms with Crippen molar-refractivity contribution in [2.75, 3.05) is 5.32 Å². The van der Waals surface area contributed by atoms with Crippen LogP contribution in [0.15, 0.2) is 65.8 Å². The standard InChI is InChI=1S/C24H28N4S/c1-4-5-9-20-12-14-23(15-13-20)28-18(2)16-21(19(28)3)17-25-27-24(29)26-22-10-7-6-8-11-22/h6-8,10-17H,4-5,9H2,1-3H3,(H2,26,27,29)/b25-17+. The van der Waals surface area contributed by atoms with E-state index in [2.05, 4.69) is 71.5 Å². The Morgan fingerprint density at radius 3 is 2.48 bits per heavy atom. The van der Waals surface area contributed by atoms with Crippen LogP contribution in [0.5, 0.6) is 0 Å². The molecule has 0 saturated carbocycles. The van der Waals surface area contributed by atoms with E-state index in [9.17, 15) is 0 Å². The predicted molar refractivity (Wildman–Crippen MR) is 127 cm³/mol. The third-order valence-electron chi connectivity index (χ3n) is 4.89. The van der Waals surface area contributed by atoms with Crippen molar-refractivity contribution in [3.63, 3.8) is 0 Å². The van der Waals surface area contributed by atoms with E-state index in [4.69, 9.17) is 12.2 Å². The van der Waals surface area contributed by atoms with E-state index in [-0.39, 0.29) is 0 Å². The largest absolute Gasteiger partial charge is 0.331 e. The van der Waals surface area contributed by atoms with Crippen LogP contribution in [-0.4, -0.2) is 15.9 Å². The third-order valence-corrected chi connectivity index (χ3v) is 5.08. The molecule has 4 nitrogen and oxygen atoms in total. The molecule has 1 aromatic heterocycles. The first kappa shape index (κ1) is 20.8. The highest BCUT2D eigenvalue weighted by Gasteiger charge is 2.09. The average Bonchev–Trinajstić information content (AvgIpc) is 3.01. The Morgan fingerprint density at radius 1 is 1.07 bits per heavy atom. The Morgan fingerprint density at radius 2 is 1.79 bits per heavy atom. The van der Waals surface area contributed by atoms with Gasteiger partial charge in [0.25, 0.3) is 0 Å². The molecule has 5 heteroatoms. The van der Waals surface area contributed by atoms with Crippen molar-refractivity contribution in [1.29, 1.82) is 0 Å². The van der Waals surface area contributed by atoms with Gasteiger partial charge < -0.3 is 9.88 Å². The predicted octanol–water partition coefficient (Wildman–Crippen LogP) is 5.76. The van der Waals surface area contributed by atoms with E-state index in [0.717, 1.165) is 23.4 Å². The van der Waals surface area contributed by atoms with E-state index in [1.54, 1.807) is 0 Å². The Kier molecular flexibility index (Phi) is 7.19. The second-order valence-electron chi connectivity index (χ2n) is 7.12. The Balaban J connectivity index is 1.67. The van der Waals surface area contributed by atoms with Crippen LogP contribution in [0.4, 0.5) is 5.69 Å². The first-order valence-corrected chi connectivity index (χ1v) is 10.4. The van der Waals surface area contributed by atoms with Gasteiger partial charge in [0.15, 0.2) is 5.11 Å². The minimum absolute atomic E-state index is 0.462. The van der Waals surface area contributed by atoms with Crippen LogP contribution in [0, 0.1) is 13.8 Å². The maximum atomic E-state index is 5.29. The number of hydrogen-bond acceptors (Lipinski definition) is 2. The second-order valence-corrected chi connectivity index (χ2v) is 7.53. The molecule has 0 atom stereocenters. The summed E-state index contributed by atoms with van der Waals surface area (Å²) in [5.41, 5.74) is 9.77. The van der Waals surface area contributed by atoms with Gasteiger partial charge in [-0.25, -0.2) is 0 Å². The molecule has 0 radical (unpaired) electrons. The number of hydrogen-bond donors (Lipinski definition) is 2. The number of nitrogens with zero attached hydrogens (tertiary/aromatic N) is 2. The molecular formula is C24H28N4S. The monoisotopic (exact) mass is 404 g/mol. The summed E-state index contributed by atoms with van der Waals surface area (Å²) < 4.78 is 2.26. The summed E-state index contributed by atoms with van der Waals surface area (Å²) in [7, 11) is 0. The van der Waals surface area contributed by atoms with E-state index in [1.807, 2.05) is 36.5 Å². The molecule has 29 heavy (non-hydrogen) atoms. The zero-order valence-corrected chi connectivity index (χ0v) is 18.1. The number of benzene rings is 2. The van der Waals surface area contributed by atoms with Gasteiger partial charge in [0.05, 0.1) is 6.21 Å². The number of aromatic nitrogens is 1. The van der Waals surface area contributed by atoms with Gasteiger partial charge in [-0.1, -0.05) is 43.7 Å². The molecule has 0 unspecified atom stereocenters. The van der Waals surface area contributed by atoms with Crippen molar-refractivity contribution >= 4 is 29.2 Å². The summed E-state index contributed by atoms with van der Waals surface area (Å²) in [6, 6.07) is 20.8. The highest BCUT2D eigenvalue weighted by Crippen LogP contribution is 2.20. The Hall–Kier alpha value is -2.92. The molecule has 2 N–H and O–H groups in total. The van der Waals surface area contributed by atoms with Gasteiger partial charge >= 0.3 is 0 Å². The van der Waals surface area contributed by atoms with Crippen molar-refractivity contribution in [3.8, 4) is 5.69 Å². The first-order chi connectivity index (χ1) is 14.1. The van der Waals surface area contributed by atoms with Gasteiger partial charge in [-0.2, -0.15) is 5.10 Å². The lowest BCUT2D eigenvalue weighted by atomic mass is 10.1. The topological polar surface area (TPSA) is 41.4 Å². The normalized spacial score (nSPS) is 11.0. The number of thiocarbonyl (C=S) groups is 1. The maximum absolute atomic E-state index is 5.29. The minimum atomic E-state index is 0.462. The SMILES string of the molecule is CCCCc1ccc(-n2c(C)cc(/C=N/NC(=S)Nc3ccccc3)c2C)cc1. The highest BCUT2D eigenvalue weighted by atomic mass is 32.1. The number of aryl methyl sites for hydroxylation is 2. The minimum Gasteiger partial charge on any atom is -0.331 e. The van der Waals surface area contributed by atoms with Crippen molar-refractivity contribution < 1.29 is 0 Å². The van der Waals surface area contributed by atoms with Crippen molar-refractivity contribution in [3.05, 3.63) is 83.2 Å². The lowest BCUT2D eigenvalue weighted by Gasteiger charge is -2.10. The zero-order valence-electron chi connectivity index (χ0n) is 17.3. The van der Waals surface area contributed by atoms with E-state index in [1.165, 1.54) is 29.8 Å². The number of para-hydroxylation sites is 1. The number of hydrazone groups is 1.